The molecule has 98 valence electrons. The summed E-state index contributed by atoms with van der Waals surface area (Å²) < 4.78 is 5.16. The van der Waals surface area contributed by atoms with Crippen LogP contribution in [-0.2, 0) is 4.74 Å². The van der Waals surface area contributed by atoms with E-state index in [2.05, 4.69) is 51.8 Å². The number of methoxy groups -OCH3 is 1. The molecule has 1 atom stereocenters. The van der Waals surface area contributed by atoms with Gasteiger partial charge in [0.25, 0.3) is 0 Å². The first-order valence-corrected chi connectivity index (χ1v) is 6.27. The van der Waals surface area contributed by atoms with Crippen molar-refractivity contribution in [3.8, 4) is 0 Å². The maximum absolute atomic E-state index is 5.16. The monoisotopic (exact) mass is 230 g/mol. The fraction of sp³-hybridized carbons (Fsp3) is 1.00. The Balaban J connectivity index is 4.11. The van der Waals surface area contributed by atoms with Gasteiger partial charge >= 0.3 is 0 Å². The average molecular weight is 230 g/mol. The molecule has 3 nitrogen and oxygen atoms in total. The molecule has 0 spiro atoms. The summed E-state index contributed by atoms with van der Waals surface area (Å²) in [6.45, 7) is 16.2. The highest BCUT2D eigenvalue weighted by molar-refractivity contribution is 4.78. The number of rotatable bonds is 7. The molecular formula is C13H30N2O. The van der Waals surface area contributed by atoms with Gasteiger partial charge in [-0.15, -0.1) is 0 Å². The first kappa shape index (κ1) is 15.9. The predicted molar refractivity (Wildman–Crippen MR) is 70.9 cm³/mol. The Hall–Kier alpha value is -0.120. The van der Waals surface area contributed by atoms with Crippen molar-refractivity contribution in [3.63, 3.8) is 0 Å². The van der Waals surface area contributed by atoms with Crippen molar-refractivity contribution in [2.75, 3.05) is 26.8 Å². The van der Waals surface area contributed by atoms with Crippen LogP contribution in [0, 0.1) is 0 Å². The fourth-order valence-electron chi connectivity index (χ4n) is 1.76. The molecule has 1 unspecified atom stereocenters. The van der Waals surface area contributed by atoms with Crippen LogP contribution in [-0.4, -0.2) is 49.3 Å². The minimum Gasteiger partial charge on any atom is -0.383 e. The number of nitrogens with zero attached hydrogens (tertiary/aromatic N) is 1. The Morgan fingerprint density at radius 2 is 1.75 bits per heavy atom. The second-order valence-corrected chi connectivity index (χ2v) is 5.80. The second-order valence-electron chi connectivity index (χ2n) is 5.80. The molecule has 3 heteroatoms. The second kappa shape index (κ2) is 7.25. The van der Waals surface area contributed by atoms with Crippen molar-refractivity contribution in [1.29, 1.82) is 0 Å². The van der Waals surface area contributed by atoms with Gasteiger partial charge in [-0.1, -0.05) is 0 Å². The molecule has 0 heterocycles. The molecule has 0 aliphatic heterocycles. The normalized spacial score (nSPS) is 14.8. The lowest BCUT2D eigenvalue weighted by Crippen LogP contribution is -2.49. The van der Waals surface area contributed by atoms with Gasteiger partial charge in [0.15, 0.2) is 0 Å². The maximum atomic E-state index is 5.16. The minimum atomic E-state index is 0.193. The number of hydrogen-bond acceptors (Lipinski definition) is 3. The maximum Gasteiger partial charge on any atom is 0.0589 e. The molecule has 0 amide bonds. The highest BCUT2D eigenvalue weighted by Gasteiger charge is 2.18. The van der Waals surface area contributed by atoms with Crippen molar-refractivity contribution >= 4 is 0 Å². The van der Waals surface area contributed by atoms with Crippen LogP contribution in [0.25, 0.3) is 0 Å². The summed E-state index contributed by atoms with van der Waals surface area (Å²) in [6.07, 6.45) is 0. The van der Waals surface area contributed by atoms with Gasteiger partial charge in [0.1, 0.15) is 0 Å². The summed E-state index contributed by atoms with van der Waals surface area (Å²) in [5.74, 6) is 0. The Morgan fingerprint density at radius 1 is 1.19 bits per heavy atom. The van der Waals surface area contributed by atoms with E-state index in [1.807, 2.05) is 0 Å². The van der Waals surface area contributed by atoms with Crippen LogP contribution in [0.1, 0.15) is 41.5 Å². The van der Waals surface area contributed by atoms with E-state index in [9.17, 15) is 0 Å². The van der Waals surface area contributed by atoms with Gasteiger partial charge in [-0.25, -0.2) is 0 Å². The topological polar surface area (TPSA) is 24.5 Å². The lowest BCUT2D eigenvalue weighted by Gasteiger charge is -2.34. The van der Waals surface area contributed by atoms with Gasteiger partial charge in [-0.2, -0.15) is 0 Å². The van der Waals surface area contributed by atoms with Crippen molar-refractivity contribution in [3.05, 3.63) is 0 Å². The van der Waals surface area contributed by atoms with Crippen molar-refractivity contribution < 1.29 is 4.74 Å². The fourth-order valence-corrected chi connectivity index (χ4v) is 1.76. The largest absolute Gasteiger partial charge is 0.383 e. The molecular weight excluding hydrogens is 200 g/mol. The molecule has 0 radical (unpaired) electrons. The molecule has 0 rings (SSSR count). The van der Waals surface area contributed by atoms with E-state index in [4.69, 9.17) is 4.74 Å². The third kappa shape index (κ3) is 7.20. The molecule has 0 aromatic heterocycles. The zero-order valence-corrected chi connectivity index (χ0v) is 12.1. The van der Waals surface area contributed by atoms with Gasteiger partial charge in [-0.3, -0.25) is 4.90 Å². The molecule has 0 aromatic rings. The van der Waals surface area contributed by atoms with Crippen LogP contribution < -0.4 is 5.32 Å². The van der Waals surface area contributed by atoms with Crippen LogP contribution in [0.2, 0.25) is 0 Å². The van der Waals surface area contributed by atoms with E-state index in [0.29, 0.717) is 12.1 Å². The van der Waals surface area contributed by atoms with Gasteiger partial charge in [0.05, 0.1) is 6.61 Å². The van der Waals surface area contributed by atoms with Crippen LogP contribution in [0.3, 0.4) is 0 Å². The average Bonchev–Trinajstić information content (AvgIpc) is 2.13. The third-order valence-electron chi connectivity index (χ3n) is 2.71. The highest BCUT2D eigenvalue weighted by atomic mass is 16.5. The lowest BCUT2D eigenvalue weighted by molar-refractivity contribution is 0.0984. The van der Waals surface area contributed by atoms with E-state index in [1.54, 1.807) is 7.11 Å². The molecule has 1 N–H and O–H groups in total. The smallest absolute Gasteiger partial charge is 0.0589 e. The summed E-state index contributed by atoms with van der Waals surface area (Å²) in [4.78, 5) is 2.47. The summed E-state index contributed by atoms with van der Waals surface area (Å²) in [5.41, 5.74) is 0.193. The van der Waals surface area contributed by atoms with E-state index in [1.165, 1.54) is 0 Å². The molecule has 0 fully saturated rings. The summed E-state index contributed by atoms with van der Waals surface area (Å²) in [5, 5.41) is 3.55. The third-order valence-corrected chi connectivity index (χ3v) is 2.71. The SMILES string of the molecule is COCCN(C(C)C)C(C)CNC(C)(C)C. The molecule has 16 heavy (non-hydrogen) atoms. The van der Waals surface area contributed by atoms with Gasteiger partial charge in [0.2, 0.25) is 0 Å². The first-order chi connectivity index (χ1) is 7.28. The lowest BCUT2D eigenvalue weighted by atomic mass is 10.1. The van der Waals surface area contributed by atoms with Crippen molar-refractivity contribution in [2.45, 2.75) is 59.2 Å². The van der Waals surface area contributed by atoms with Crippen molar-refractivity contribution in [2.24, 2.45) is 0 Å². The number of nitrogens with one attached hydrogen (secondary N) is 1. The van der Waals surface area contributed by atoms with E-state index in [-0.39, 0.29) is 5.54 Å². The summed E-state index contributed by atoms with van der Waals surface area (Å²) >= 11 is 0. The predicted octanol–water partition coefficient (Wildman–Crippen LogP) is 2.12. The molecule has 0 saturated carbocycles. The Morgan fingerprint density at radius 3 is 2.12 bits per heavy atom. The summed E-state index contributed by atoms with van der Waals surface area (Å²) in [6, 6.07) is 1.10. The number of hydrogen-bond donors (Lipinski definition) is 1. The Kier molecular flexibility index (Phi) is 7.20. The van der Waals surface area contributed by atoms with Crippen LogP contribution in [0.15, 0.2) is 0 Å². The zero-order chi connectivity index (χ0) is 12.8. The highest BCUT2D eigenvalue weighted by Crippen LogP contribution is 2.06. The van der Waals surface area contributed by atoms with Crippen LogP contribution in [0.5, 0.6) is 0 Å². The quantitative estimate of drug-likeness (QED) is 0.725. The standard InChI is InChI=1S/C13H30N2O/c1-11(2)15(8-9-16-7)12(3)10-14-13(4,5)6/h11-12,14H,8-10H2,1-7H3. The van der Waals surface area contributed by atoms with Crippen LogP contribution in [0.4, 0.5) is 0 Å². The Labute approximate surface area is 102 Å². The molecule has 0 aliphatic rings. The molecule has 0 aliphatic carbocycles. The van der Waals surface area contributed by atoms with Gasteiger partial charge in [-0.05, 0) is 41.5 Å². The summed E-state index contributed by atoms with van der Waals surface area (Å²) in [7, 11) is 1.76. The van der Waals surface area contributed by atoms with Gasteiger partial charge in [0, 0.05) is 37.8 Å². The van der Waals surface area contributed by atoms with Crippen molar-refractivity contribution in [1.82, 2.24) is 10.2 Å². The molecule has 0 saturated heterocycles. The molecule has 0 aromatic carbocycles. The van der Waals surface area contributed by atoms with E-state index in [0.717, 1.165) is 19.7 Å². The first-order valence-electron chi connectivity index (χ1n) is 6.27. The minimum absolute atomic E-state index is 0.193. The van der Waals surface area contributed by atoms with Crippen LogP contribution >= 0.6 is 0 Å². The zero-order valence-electron chi connectivity index (χ0n) is 12.1. The van der Waals surface area contributed by atoms with Gasteiger partial charge < -0.3 is 10.1 Å². The van der Waals surface area contributed by atoms with E-state index >= 15 is 0 Å². The molecule has 0 bridgehead atoms. The van der Waals surface area contributed by atoms with E-state index < -0.39 is 0 Å². The number of ether oxygens (including phenoxy) is 1. The Bertz CT molecular complexity index is 175.